The van der Waals surface area contributed by atoms with E-state index in [-0.39, 0.29) is 17.7 Å². The summed E-state index contributed by atoms with van der Waals surface area (Å²) >= 11 is 0. The van der Waals surface area contributed by atoms with E-state index in [9.17, 15) is 4.79 Å². The molecule has 1 aliphatic carbocycles. The molecule has 0 spiro atoms. The number of benzene rings is 1. The van der Waals surface area contributed by atoms with Gasteiger partial charge < -0.3 is 9.47 Å². The number of fused-ring (bicyclic) bond motifs is 1. The summed E-state index contributed by atoms with van der Waals surface area (Å²) in [5.41, 5.74) is 3.52. The highest BCUT2D eigenvalue weighted by Gasteiger charge is 2.61. The maximum atomic E-state index is 11.6. The van der Waals surface area contributed by atoms with Gasteiger partial charge in [-0.1, -0.05) is 19.9 Å². The third kappa shape index (κ3) is 2.91. The van der Waals surface area contributed by atoms with Gasteiger partial charge in [-0.3, -0.25) is 4.79 Å². The summed E-state index contributed by atoms with van der Waals surface area (Å²) < 4.78 is 11.7. The van der Waals surface area contributed by atoms with E-state index >= 15 is 0 Å². The number of hydrogen-bond donors (Lipinski definition) is 0. The van der Waals surface area contributed by atoms with Gasteiger partial charge in [-0.05, 0) is 62.6 Å². The Morgan fingerprint density at radius 2 is 2.04 bits per heavy atom. The third-order valence-corrected chi connectivity index (χ3v) is 5.64. The smallest absolute Gasteiger partial charge is 0.308 e. The van der Waals surface area contributed by atoms with Crippen molar-refractivity contribution < 1.29 is 14.3 Å². The summed E-state index contributed by atoms with van der Waals surface area (Å²) in [5.74, 6) is 1.92. The summed E-state index contributed by atoms with van der Waals surface area (Å²) in [6, 6.07) is 4.18. The Labute approximate surface area is 139 Å². The van der Waals surface area contributed by atoms with E-state index in [0.29, 0.717) is 17.8 Å². The first-order valence-electron chi connectivity index (χ1n) is 8.70. The number of carbonyl (C=O) groups is 1. The molecule has 1 aliphatic heterocycles. The standard InChI is InChI=1S/C20H28O3/c1-11(2)15-7-8-20(6)19(23-20)18(15)17-13(4)9-12(3)10-16(17)22-14(5)21/h9-11,15,18-19H,7-8H2,1-6H3. The number of rotatable bonds is 3. The highest BCUT2D eigenvalue weighted by molar-refractivity contribution is 5.70. The molecule has 126 valence electrons. The fourth-order valence-electron chi connectivity index (χ4n) is 4.49. The molecule has 1 heterocycles. The van der Waals surface area contributed by atoms with Gasteiger partial charge in [0.1, 0.15) is 5.75 Å². The molecule has 0 aromatic heterocycles. The highest BCUT2D eigenvalue weighted by atomic mass is 16.6. The predicted molar refractivity (Wildman–Crippen MR) is 90.8 cm³/mol. The second-order valence-corrected chi connectivity index (χ2v) is 7.91. The van der Waals surface area contributed by atoms with Crippen LogP contribution < -0.4 is 4.74 Å². The van der Waals surface area contributed by atoms with Crippen molar-refractivity contribution in [1.29, 1.82) is 0 Å². The molecule has 2 fully saturated rings. The van der Waals surface area contributed by atoms with Crippen molar-refractivity contribution >= 4 is 5.97 Å². The molecule has 1 aromatic carbocycles. The lowest BCUT2D eigenvalue weighted by Crippen LogP contribution is -2.33. The van der Waals surface area contributed by atoms with Gasteiger partial charge in [0.05, 0.1) is 11.7 Å². The van der Waals surface area contributed by atoms with Gasteiger partial charge in [0.2, 0.25) is 0 Å². The van der Waals surface area contributed by atoms with Crippen LogP contribution in [0.5, 0.6) is 5.75 Å². The zero-order valence-electron chi connectivity index (χ0n) is 15.1. The second kappa shape index (κ2) is 5.62. The molecular formula is C20H28O3. The van der Waals surface area contributed by atoms with Crippen LogP contribution in [0.15, 0.2) is 12.1 Å². The largest absolute Gasteiger partial charge is 0.426 e. The third-order valence-electron chi connectivity index (χ3n) is 5.64. The Bertz CT molecular complexity index is 634. The van der Waals surface area contributed by atoms with E-state index in [1.165, 1.54) is 24.5 Å². The fraction of sp³-hybridized carbons (Fsp3) is 0.650. The number of esters is 1. The Hall–Kier alpha value is -1.35. The maximum Gasteiger partial charge on any atom is 0.308 e. The molecule has 0 amide bonds. The van der Waals surface area contributed by atoms with E-state index in [1.807, 2.05) is 13.0 Å². The molecule has 1 aromatic rings. The summed E-state index contributed by atoms with van der Waals surface area (Å²) in [7, 11) is 0. The van der Waals surface area contributed by atoms with E-state index in [2.05, 4.69) is 33.8 Å². The van der Waals surface area contributed by atoms with Crippen LogP contribution >= 0.6 is 0 Å². The predicted octanol–water partition coefficient (Wildman–Crippen LogP) is 4.54. The molecule has 1 saturated carbocycles. The van der Waals surface area contributed by atoms with Crippen molar-refractivity contribution in [3.05, 3.63) is 28.8 Å². The normalized spacial score (nSPS) is 32.6. The molecule has 0 N–H and O–H groups in total. The topological polar surface area (TPSA) is 38.8 Å². The van der Waals surface area contributed by atoms with Gasteiger partial charge in [0, 0.05) is 18.4 Å². The number of aryl methyl sites for hydroxylation is 2. The number of carbonyl (C=O) groups excluding carboxylic acids is 1. The van der Waals surface area contributed by atoms with Gasteiger partial charge in [0.15, 0.2) is 0 Å². The van der Waals surface area contributed by atoms with Gasteiger partial charge in [-0.25, -0.2) is 0 Å². The zero-order chi connectivity index (χ0) is 16.9. The Morgan fingerprint density at radius 1 is 1.35 bits per heavy atom. The minimum Gasteiger partial charge on any atom is -0.426 e. The van der Waals surface area contributed by atoms with Crippen LogP contribution in [0.4, 0.5) is 0 Å². The van der Waals surface area contributed by atoms with Crippen LogP contribution in [0.2, 0.25) is 0 Å². The first kappa shape index (κ1) is 16.5. The first-order chi connectivity index (χ1) is 10.7. The van der Waals surface area contributed by atoms with Crippen LogP contribution in [0.3, 0.4) is 0 Å². The molecule has 4 unspecified atom stereocenters. The van der Waals surface area contributed by atoms with E-state index in [4.69, 9.17) is 9.47 Å². The van der Waals surface area contributed by atoms with Crippen LogP contribution in [0.25, 0.3) is 0 Å². The van der Waals surface area contributed by atoms with Crippen molar-refractivity contribution in [3.8, 4) is 5.75 Å². The van der Waals surface area contributed by atoms with Crippen LogP contribution in [0, 0.1) is 25.7 Å². The van der Waals surface area contributed by atoms with Crippen molar-refractivity contribution in [2.75, 3.05) is 0 Å². The summed E-state index contributed by atoms with van der Waals surface area (Å²) in [5, 5.41) is 0. The number of ether oxygens (including phenoxy) is 2. The number of epoxide rings is 1. The SMILES string of the molecule is CC(=O)Oc1cc(C)cc(C)c1C1C(C(C)C)CCC2(C)OC12. The van der Waals surface area contributed by atoms with Crippen molar-refractivity contribution in [2.45, 2.75) is 72.0 Å². The molecule has 23 heavy (non-hydrogen) atoms. The van der Waals surface area contributed by atoms with Gasteiger partial charge in [-0.15, -0.1) is 0 Å². The van der Waals surface area contributed by atoms with E-state index < -0.39 is 0 Å². The molecule has 3 rings (SSSR count). The summed E-state index contributed by atoms with van der Waals surface area (Å²) in [4.78, 5) is 11.6. The monoisotopic (exact) mass is 316 g/mol. The molecule has 3 heteroatoms. The lowest BCUT2D eigenvalue weighted by Gasteiger charge is -2.36. The fourth-order valence-corrected chi connectivity index (χ4v) is 4.49. The maximum absolute atomic E-state index is 11.6. The quantitative estimate of drug-likeness (QED) is 0.467. The molecule has 0 bridgehead atoms. The van der Waals surface area contributed by atoms with E-state index in [1.54, 1.807) is 0 Å². The highest BCUT2D eigenvalue weighted by Crippen LogP contribution is 2.59. The van der Waals surface area contributed by atoms with Crippen LogP contribution in [-0.4, -0.2) is 17.7 Å². The Kier molecular flexibility index (Phi) is 4.04. The molecule has 3 nitrogen and oxygen atoms in total. The second-order valence-electron chi connectivity index (χ2n) is 7.91. The minimum atomic E-state index is -0.257. The Morgan fingerprint density at radius 3 is 2.65 bits per heavy atom. The van der Waals surface area contributed by atoms with Gasteiger partial charge >= 0.3 is 5.97 Å². The summed E-state index contributed by atoms with van der Waals surface area (Å²) in [6.07, 6.45) is 2.55. The lowest BCUT2D eigenvalue weighted by atomic mass is 9.66. The first-order valence-corrected chi connectivity index (χ1v) is 8.70. The van der Waals surface area contributed by atoms with Crippen molar-refractivity contribution in [1.82, 2.24) is 0 Å². The minimum absolute atomic E-state index is 0.0148. The average molecular weight is 316 g/mol. The molecule has 2 aliphatic rings. The van der Waals surface area contributed by atoms with Gasteiger partial charge in [-0.2, -0.15) is 0 Å². The molecule has 0 radical (unpaired) electrons. The number of hydrogen-bond acceptors (Lipinski definition) is 3. The zero-order valence-corrected chi connectivity index (χ0v) is 15.1. The van der Waals surface area contributed by atoms with Crippen molar-refractivity contribution in [2.24, 2.45) is 11.8 Å². The van der Waals surface area contributed by atoms with Crippen molar-refractivity contribution in [3.63, 3.8) is 0 Å². The average Bonchev–Trinajstić information content (AvgIpc) is 3.08. The van der Waals surface area contributed by atoms with Gasteiger partial charge in [0.25, 0.3) is 0 Å². The molecule has 1 saturated heterocycles. The lowest BCUT2D eigenvalue weighted by molar-refractivity contribution is -0.131. The van der Waals surface area contributed by atoms with E-state index in [0.717, 1.165) is 17.7 Å². The van der Waals surface area contributed by atoms with Crippen LogP contribution in [-0.2, 0) is 9.53 Å². The Balaban J connectivity index is 2.09. The van der Waals surface area contributed by atoms with Crippen LogP contribution in [0.1, 0.15) is 63.1 Å². The summed E-state index contributed by atoms with van der Waals surface area (Å²) in [6.45, 7) is 12.4. The molecular weight excluding hydrogens is 288 g/mol. The molecule has 4 atom stereocenters.